The van der Waals surface area contributed by atoms with Crippen LogP contribution in [0.5, 0.6) is 0 Å². The Hall–Kier alpha value is -2.75. The number of halogens is 1. The van der Waals surface area contributed by atoms with Crippen molar-refractivity contribution in [3.8, 4) is 11.4 Å². The van der Waals surface area contributed by atoms with E-state index in [2.05, 4.69) is 21.7 Å². The number of pyridine rings is 1. The number of nitrogens with zero attached hydrogens (tertiary/aromatic N) is 3. The van der Waals surface area contributed by atoms with Crippen molar-refractivity contribution in [2.45, 2.75) is 18.9 Å². The fraction of sp³-hybridized carbons (Fsp3) is 0.158. The molecule has 4 aromatic rings. The van der Waals surface area contributed by atoms with Crippen LogP contribution in [0, 0.1) is 5.82 Å². The van der Waals surface area contributed by atoms with Gasteiger partial charge >= 0.3 is 0 Å². The first-order valence-electron chi connectivity index (χ1n) is 7.82. The average Bonchev–Trinajstić information content (AvgIpc) is 3.35. The Morgan fingerprint density at radius 2 is 1.91 bits per heavy atom. The Balaban J connectivity index is 1.87. The number of imidazole rings is 1. The molecule has 0 N–H and O–H groups in total. The minimum atomic E-state index is -0.220. The summed E-state index contributed by atoms with van der Waals surface area (Å²) in [7, 11) is 0. The van der Waals surface area contributed by atoms with Gasteiger partial charge in [0, 0.05) is 29.4 Å². The normalized spacial score (nSPS) is 14.7. The van der Waals surface area contributed by atoms with E-state index in [-0.39, 0.29) is 5.82 Å². The Morgan fingerprint density at radius 3 is 2.78 bits per heavy atom. The van der Waals surface area contributed by atoms with Crippen LogP contribution in [0.1, 0.15) is 18.9 Å². The van der Waals surface area contributed by atoms with Gasteiger partial charge in [0.1, 0.15) is 11.6 Å². The second kappa shape index (κ2) is 4.62. The molecule has 2 aromatic carbocycles. The fourth-order valence-corrected chi connectivity index (χ4v) is 3.25. The minimum absolute atomic E-state index is 0.220. The molecule has 3 nitrogen and oxygen atoms in total. The molecule has 112 valence electrons. The fourth-order valence-electron chi connectivity index (χ4n) is 3.25. The number of rotatable bonds is 2. The molecule has 0 saturated heterocycles. The van der Waals surface area contributed by atoms with Crippen LogP contribution < -0.4 is 0 Å². The highest BCUT2D eigenvalue weighted by Crippen LogP contribution is 2.42. The summed E-state index contributed by atoms with van der Waals surface area (Å²) in [6.07, 6.45) is 5.96. The van der Waals surface area contributed by atoms with E-state index >= 15 is 0 Å². The SMILES string of the molecule is Fc1ccc2nc(-c3cncc4ccccc34)n(C3CC3)c2c1. The van der Waals surface area contributed by atoms with Crippen LogP contribution in [-0.2, 0) is 0 Å². The predicted molar refractivity (Wildman–Crippen MR) is 88.7 cm³/mol. The first-order chi connectivity index (χ1) is 11.3. The van der Waals surface area contributed by atoms with Gasteiger partial charge in [0.2, 0.25) is 0 Å². The van der Waals surface area contributed by atoms with Gasteiger partial charge in [-0.2, -0.15) is 0 Å². The van der Waals surface area contributed by atoms with Crippen molar-refractivity contribution >= 4 is 21.8 Å². The van der Waals surface area contributed by atoms with Crippen molar-refractivity contribution in [2.24, 2.45) is 0 Å². The number of benzene rings is 2. The van der Waals surface area contributed by atoms with E-state index in [9.17, 15) is 4.39 Å². The van der Waals surface area contributed by atoms with Crippen LogP contribution in [0.15, 0.2) is 54.9 Å². The van der Waals surface area contributed by atoms with Crippen molar-refractivity contribution in [3.63, 3.8) is 0 Å². The number of aromatic nitrogens is 3. The smallest absolute Gasteiger partial charge is 0.143 e. The lowest BCUT2D eigenvalue weighted by molar-refractivity contribution is 0.628. The van der Waals surface area contributed by atoms with Crippen molar-refractivity contribution in [3.05, 3.63) is 60.7 Å². The molecule has 0 radical (unpaired) electrons. The lowest BCUT2D eigenvalue weighted by Gasteiger charge is -2.09. The zero-order valence-electron chi connectivity index (χ0n) is 12.4. The summed E-state index contributed by atoms with van der Waals surface area (Å²) >= 11 is 0. The monoisotopic (exact) mass is 303 g/mol. The summed E-state index contributed by atoms with van der Waals surface area (Å²) in [6.45, 7) is 0. The molecule has 0 bridgehead atoms. The van der Waals surface area contributed by atoms with E-state index in [1.807, 2.05) is 24.5 Å². The van der Waals surface area contributed by atoms with Crippen molar-refractivity contribution in [1.82, 2.24) is 14.5 Å². The summed E-state index contributed by atoms with van der Waals surface area (Å²) in [6, 6.07) is 13.4. The third-order valence-corrected chi connectivity index (χ3v) is 4.47. The van der Waals surface area contributed by atoms with Gasteiger partial charge in [-0.1, -0.05) is 24.3 Å². The first kappa shape index (κ1) is 12.8. The molecule has 0 atom stereocenters. The second-order valence-corrected chi connectivity index (χ2v) is 6.08. The number of hydrogen-bond acceptors (Lipinski definition) is 2. The van der Waals surface area contributed by atoms with Crippen LogP contribution in [0.2, 0.25) is 0 Å². The van der Waals surface area contributed by atoms with Gasteiger partial charge < -0.3 is 4.57 Å². The van der Waals surface area contributed by atoms with Crippen LogP contribution in [0.25, 0.3) is 33.2 Å². The molecule has 4 heteroatoms. The van der Waals surface area contributed by atoms with E-state index in [4.69, 9.17) is 4.98 Å². The zero-order chi connectivity index (χ0) is 15.4. The van der Waals surface area contributed by atoms with Gasteiger partial charge in [-0.3, -0.25) is 4.98 Å². The topological polar surface area (TPSA) is 30.7 Å². The molecule has 1 fully saturated rings. The Kier molecular flexibility index (Phi) is 2.56. The second-order valence-electron chi connectivity index (χ2n) is 6.08. The average molecular weight is 303 g/mol. The van der Waals surface area contributed by atoms with Gasteiger partial charge in [0.05, 0.1) is 11.0 Å². The lowest BCUT2D eigenvalue weighted by atomic mass is 10.1. The third kappa shape index (κ3) is 1.95. The molecule has 0 unspecified atom stereocenters. The van der Waals surface area contributed by atoms with E-state index in [1.54, 1.807) is 12.1 Å². The highest BCUT2D eigenvalue weighted by atomic mass is 19.1. The Bertz CT molecular complexity index is 1040. The van der Waals surface area contributed by atoms with Crippen molar-refractivity contribution in [2.75, 3.05) is 0 Å². The molecule has 2 aromatic heterocycles. The highest BCUT2D eigenvalue weighted by molar-refractivity contribution is 5.96. The number of fused-ring (bicyclic) bond motifs is 2. The molecule has 0 spiro atoms. The largest absolute Gasteiger partial charge is 0.321 e. The zero-order valence-corrected chi connectivity index (χ0v) is 12.4. The third-order valence-electron chi connectivity index (χ3n) is 4.47. The summed E-state index contributed by atoms with van der Waals surface area (Å²) in [4.78, 5) is 9.16. The van der Waals surface area contributed by atoms with Gasteiger partial charge in [-0.15, -0.1) is 0 Å². The quantitative estimate of drug-likeness (QED) is 0.536. The molecule has 1 saturated carbocycles. The predicted octanol–water partition coefficient (Wildman–Crippen LogP) is 4.73. The van der Waals surface area contributed by atoms with Gasteiger partial charge in [-0.25, -0.2) is 9.37 Å². The lowest BCUT2D eigenvalue weighted by Crippen LogP contribution is -1.98. The molecule has 0 aliphatic heterocycles. The summed E-state index contributed by atoms with van der Waals surface area (Å²) < 4.78 is 15.9. The molecule has 1 aliphatic carbocycles. The van der Waals surface area contributed by atoms with Gasteiger partial charge in [-0.05, 0) is 36.4 Å². The Morgan fingerprint density at radius 1 is 1.04 bits per heavy atom. The molecule has 23 heavy (non-hydrogen) atoms. The minimum Gasteiger partial charge on any atom is -0.321 e. The van der Waals surface area contributed by atoms with Crippen LogP contribution in [0.3, 0.4) is 0 Å². The van der Waals surface area contributed by atoms with Crippen LogP contribution >= 0.6 is 0 Å². The standard InChI is InChI=1S/C19H14FN3/c20-13-5-8-17-18(9-13)23(14-6-7-14)19(22-17)16-11-21-10-12-3-1-2-4-15(12)16/h1-5,8-11,14H,6-7H2. The van der Waals surface area contributed by atoms with Gasteiger partial charge in [0.25, 0.3) is 0 Å². The van der Waals surface area contributed by atoms with Crippen LogP contribution in [0.4, 0.5) is 4.39 Å². The van der Waals surface area contributed by atoms with Crippen LogP contribution in [-0.4, -0.2) is 14.5 Å². The summed E-state index contributed by atoms with van der Waals surface area (Å²) in [5, 5.41) is 2.21. The molecule has 5 rings (SSSR count). The van der Waals surface area contributed by atoms with E-state index in [1.165, 1.54) is 6.07 Å². The maximum absolute atomic E-state index is 13.7. The summed E-state index contributed by atoms with van der Waals surface area (Å²) in [5.74, 6) is 0.666. The molecular formula is C19H14FN3. The highest BCUT2D eigenvalue weighted by Gasteiger charge is 2.29. The summed E-state index contributed by atoms with van der Waals surface area (Å²) in [5.41, 5.74) is 2.71. The molecule has 1 aliphatic rings. The maximum atomic E-state index is 13.7. The molecule has 0 amide bonds. The Labute approximate surface area is 132 Å². The van der Waals surface area contributed by atoms with E-state index < -0.39 is 0 Å². The molecular weight excluding hydrogens is 289 g/mol. The number of hydrogen-bond donors (Lipinski definition) is 0. The van der Waals surface area contributed by atoms with Crippen molar-refractivity contribution in [1.29, 1.82) is 0 Å². The first-order valence-corrected chi connectivity index (χ1v) is 7.82. The van der Waals surface area contributed by atoms with Gasteiger partial charge in [0.15, 0.2) is 0 Å². The molecule has 2 heterocycles. The van der Waals surface area contributed by atoms with Crippen molar-refractivity contribution < 1.29 is 4.39 Å². The maximum Gasteiger partial charge on any atom is 0.143 e. The van der Waals surface area contributed by atoms with E-state index in [0.717, 1.165) is 46.0 Å². The van der Waals surface area contributed by atoms with E-state index in [0.29, 0.717) is 6.04 Å².